The lowest BCUT2D eigenvalue weighted by atomic mass is 9.51. The van der Waals surface area contributed by atoms with Crippen LogP contribution in [0, 0.1) is 23.2 Å². The highest BCUT2D eigenvalue weighted by Crippen LogP contribution is 2.63. The Morgan fingerprint density at radius 3 is 2.33 bits per heavy atom. The molecule has 5 rings (SSSR count). The van der Waals surface area contributed by atoms with Crippen molar-refractivity contribution < 1.29 is 19.4 Å². The van der Waals surface area contributed by atoms with Gasteiger partial charge in [0.2, 0.25) is 5.91 Å². The van der Waals surface area contributed by atoms with Crippen LogP contribution >= 0.6 is 0 Å². The van der Waals surface area contributed by atoms with Gasteiger partial charge in [-0.05, 0) is 110 Å². The molecule has 2 N–H and O–H groups in total. The van der Waals surface area contributed by atoms with E-state index in [1.165, 1.54) is 50.5 Å². The van der Waals surface area contributed by atoms with Gasteiger partial charge in [0.15, 0.2) is 0 Å². The van der Waals surface area contributed by atoms with Crippen LogP contribution in [-0.4, -0.2) is 46.4 Å². The van der Waals surface area contributed by atoms with Gasteiger partial charge in [-0.1, -0.05) is 114 Å². The molecule has 272 valence electrons. The van der Waals surface area contributed by atoms with E-state index in [1.54, 1.807) is 6.07 Å². The zero-order chi connectivity index (χ0) is 34.6. The quantitative estimate of drug-likeness (QED) is 0.137. The SMILES string of the molecule is CCCCCCCCCCCC(=O)N(CCCCCC1Cc2cc(O)ccc2C2C(F)C[C@]3(C)C(O)CCC3C12)CCCc1ccccc1. The van der Waals surface area contributed by atoms with Gasteiger partial charge in [-0.15, -0.1) is 0 Å². The van der Waals surface area contributed by atoms with E-state index in [4.69, 9.17) is 0 Å². The summed E-state index contributed by atoms with van der Waals surface area (Å²) in [5.74, 6) is 1.36. The molecular weight excluding hydrogens is 609 g/mol. The predicted molar refractivity (Wildman–Crippen MR) is 200 cm³/mol. The largest absolute Gasteiger partial charge is 0.508 e. The molecule has 0 spiro atoms. The lowest BCUT2D eigenvalue weighted by molar-refractivity contribution is -0.131. The first-order valence-corrected chi connectivity index (χ1v) is 20.3. The van der Waals surface area contributed by atoms with E-state index in [9.17, 15) is 15.0 Å². The average Bonchev–Trinajstić information content (AvgIpc) is 3.39. The van der Waals surface area contributed by atoms with Crippen LogP contribution in [0.1, 0.15) is 152 Å². The first kappa shape index (κ1) is 37.8. The fraction of sp³-hybridized carbons (Fsp3) is 0.705. The van der Waals surface area contributed by atoms with Gasteiger partial charge < -0.3 is 15.1 Å². The minimum atomic E-state index is -0.966. The molecule has 49 heavy (non-hydrogen) atoms. The summed E-state index contributed by atoms with van der Waals surface area (Å²) in [5, 5.41) is 21.3. The first-order valence-electron chi connectivity index (χ1n) is 20.3. The van der Waals surface area contributed by atoms with Crippen LogP contribution in [0.15, 0.2) is 48.5 Å². The maximum Gasteiger partial charge on any atom is 0.222 e. The molecule has 2 aromatic rings. The molecule has 1 amide bonds. The van der Waals surface area contributed by atoms with Crippen LogP contribution in [0.4, 0.5) is 4.39 Å². The number of amides is 1. The number of aryl methyl sites for hydroxylation is 1. The summed E-state index contributed by atoms with van der Waals surface area (Å²) in [6, 6.07) is 16.2. The number of hydrogen-bond acceptors (Lipinski definition) is 3. The molecule has 6 unspecified atom stereocenters. The summed E-state index contributed by atoms with van der Waals surface area (Å²) in [7, 11) is 0. The van der Waals surface area contributed by atoms with Gasteiger partial charge in [0.1, 0.15) is 11.9 Å². The number of phenols is 1. The summed E-state index contributed by atoms with van der Waals surface area (Å²) < 4.78 is 16.1. The molecule has 2 saturated carbocycles. The van der Waals surface area contributed by atoms with Crippen LogP contribution in [0.25, 0.3) is 0 Å². The highest BCUT2D eigenvalue weighted by atomic mass is 19.1. The molecule has 0 heterocycles. The fourth-order valence-corrected chi connectivity index (χ4v) is 10.1. The number of alkyl halides is 1. The highest BCUT2D eigenvalue weighted by Gasteiger charge is 2.59. The molecule has 7 atom stereocenters. The molecule has 3 aliphatic carbocycles. The van der Waals surface area contributed by atoms with Gasteiger partial charge in [-0.25, -0.2) is 4.39 Å². The molecule has 0 bridgehead atoms. The van der Waals surface area contributed by atoms with E-state index >= 15 is 4.39 Å². The number of aromatic hydroxyl groups is 1. The van der Waals surface area contributed by atoms with Crippen molar-refractivity contribution in [2.75, 3.05) is 13.1 Å². The lowest BCUT2D eigenvalue weighted by Gasteiger charge is -2.54. The van der Waals surface area contributed by atoms with Crippen molar-refractivity contribution in [3.8, 4) is 5.75 Å². The van der Waals surface area contributed by atoms with E-state index < -0.39 is 12.3 Å². The Hall–Kier alpha value is -2.40. The molecule has 2 aromatic carbocycles. The minimum absolute atomic E-state index is 0.142. The number of carbonyl (C=O) groups excluding carboxylic acids is 1. The summed E-state index contributed by atoms with van der Waals surface area (Å²) in [6.45, 7) is 6.03. The third-order valence-corrected chi connectivity index (χ3v) is 12.9. The summed E-state index contributed by atoms with van der Waals surface area (Å²) in [4.78, 5) is 15.6. The molecule has 2 fully saturated rings. The van der Waals surface area contributed by atoms with E-state index in [0.29, 0.717) is 30.6 Å². The van der Waals surface area contributed by atoms with Crippen LogP contribution in [0.5, 0.6) is 5.75 Å². The second-order valence-electron chi connectivity index (χ2n) is 16.3. The van der Waals surface area contributed by atoms with Gasteiger partial charge in [0.05, 0.1) is 6.10 Å². The third kappa shape index (κ3) is 9.89. The summed E-state index contributed by atoms with van der Waals surface area (Å²) in [5.41, 5.74) is 3.19. The van der Waals surface area contributed by atoms with Crippen molar-refractivity contribution in [3.63, 3.8) is 0 Å². The Bertz CT molecular complexity index is 1280. The Morgan fingerprint density at radius 1 is 0.878 bits per heavy atom. The number of phenolic OH excluding ortho intramolecular Hbond substituents is 1. The van der Waals surface area contributed by atoms with Gasteiger partial charge in [0.25, 0.3) is 0 Å². The number of fused-ring (bicyclic) bond motifs is 5. The topological polar surface area (TPSA) is 60.8 Å². The van der Waals surface area contributed by atoms with Crippen LogP contribution in [0.2, 0.25) is 0 Å². The number of carbonyl (C=O) groups is 1. The molecule has 0 saturated heterocycles. The summed E-state index contributed by atoms with van der Waals surface area (Å²) >= 11 is 0. The second kappa shape index (κ2) is 18.7. The molecule has 0 aromatic heterocycles. The Morgan fingerprint density at radius 2 is 1.57 bits per heavy atom. The molecule has 5 heteroatoms. The van der Waals surface area contributed by atoms with Crippen molar-refractivity contribution >= 4 is 5.91 Å². The zero-order valence-electron chi connectivity index (χ0n) is 30.8. The number of rotatable bonds is 20. The van der Waals surface area contributed by atoms with E-state index in [2.05, 4.69) is 49.1 Å². The maximum atomic E-state index is 16.1. The number of unbranched alkanes of at least 4 members (excludes halogenated alkanes) is 10. The number of aliphatic hydroxyl groups excluding tert-OH is 1. The molecule has 4 nitrogen and oxygen atoms in total. The van der Waals surface area contributed by atoms with Crippen LogP contribution in [-0.2, 0) is 17.6 Å². The van der Waals surface area contributed by atoms with Crippen molar-refractivity contribution in [1.29, 1.82) is 0 Å². The predicted octanol–water partition coefficient (Wildman–Crippen LogP) is 10.7. The maximum absolute atomic E-state index is 16.1. The normalized spacial score (nSPS) is 27.3. The van der Waals surface area contributed by atoms with Gasteiger partial charge in [-0.3, -0.25) is 4.79 Å². The Kier molecular flexibility index (Phi) is 14.5. The van der Waals surface area contributed by atoms with E-state index in [-0.39, 0.29) is 23.0 Å². The van der Waals surface area contributed by atoms with Crippen molar-refractivity contribution in [3.05, 3.63) is 65.2 Å². The van der Waals surface area contributed by atoms with Gasteiger partial charge in [-0.2, -0.15) is 0 Å². The smallest absolute Gasteiger partial charge is 0.222 e. The number of benzene rings is 2. The lowest BCUT2D eigenvalue weighted by Crippen LogP contribution is -2.51. The zero-order valence-corrected chi connectivity index (χ0v) is 30.8. The van der Waals surface area contributed by atoms with Crippen molar-refractivity contribution in [2.45, 2.75) is 160 Å². The van der Waals surface area contributed by atoms with Crippen LogP contribution in [0.3, 0.4) is 0 Å². The third-order valence-electron chi connectivity index (χ3n) is 12.9. The molecule has 3 aliphatic rings. The Labute approximate surface area is 297 Å². The number of halogens is 1. The monoisotopic (exact) mass is 676 g/mol. The molecular formula is C44H66FNO3. The second-order valence-corrected chi connectivity index (χ2v) is 16.3. The standard InChI is InChI=1S/C44H66FNO3/c1-3-4-5-6-7-8-9-10-16-23-41(49)46(29-18-21-33-19-13-11-14-20-33)28-17-12-15-22-34-30-35-31-36(47)24-25-37(35)43-39(45)32-44(2)38(42(34)43)26-27-40(44)48/h11,13-14,19-20,24-25,31,34,38-40,42-43,47-48H,3-10,12,15-18,21-23,26-30,32H2,1-2H3/t34?,38?,39?,40?,42?,43?,44-/m0/s1. The molecule has 0 aliphatic heterocycles. The van der Waals surface area contributed by atoms with Gasteiger partial charge in [0, 0.05) is 25.4 Å². The molecule has 0 radical (unpaired) electrons. The minimum Gasteiger partial charge on any atom is -0.508 e. The number of hydrogen-bond donors (Lipinski definition) is 2. The highest BCUT2D eigenvalue weighted by molar-refractivity contribution is 5.76. The first-order chi connectivity index (χ1) is 23.8. The van der Waals surface area contributed by atoms with Gasteiger partial charge >= 0.3 is 0 Å². The number of aliphatic hydroxyl groups is 1. The Balaban J connectivity index is 1.13. The fourth-order valence-electron chi connectivity index (χ4n) is 10.1. The van der Waals surface area contributed by atoms with Crippen LogP contribution < -0.4 is 0 Å². The summed E-state index contributed by atoms with van der Waals surface area (Å²) in [6.07, 6.45) is 19.8. The number of nitrogens with zero attached hydrogens (tertiary/aromatic N) is 1. The average molecular weight is 676 g/mol. The van der Waals surface area contributed by atoms with Crippen molar-refractivity contribution in [2.24, 2.45) is 23.2 Å². The van der Waals surface area contributed by atoms with E-state index in [0.717, 1.165) is 94.8 Å². The van der Waals surface area contributed by atoms with E-state index in [1.807, 2.05) is 12.1 Å². The van der Waals surface area contributed by atoms with Crippen molar-refractivity contribution in [1.82, 2.24) is 4.90 Å².